The Labute approximate surface area is 90.6 Å². The monoisotopic (exact) mass is 226 g/mol. The van der Waals surface area contributed by atoms with E-state index in [0.717, 1.165) is 10.7 Å². The van der Waals surface area contributed by atoms with Crippen LogP contribution in [-0.4, -0.2) is 20.0 Å². The average molecular weight is 226 g/mol. The van der Waals surface area contributed by atoms with Crippen molar-refractivity contribution in [2.75, 3.05) is 0 Å². The smallest absolute Gasteiger partial charge is 0.176 e. The molecule has 74 valence electrons. The Morgan fingerprint density at radius 3 is 2.93 bits per heavy atom. The largest absolute Gasteiger partial charge is 0.260 e. The van der Waals surface area contributed by atoms with E-state index in [9.17, 15) is 0 Å². The molecule has 0 saturated carbocycles. The molecule has 4 nitrogen and oxygen atoms in total. The van der Waals surface area contributed by atoms with Crippen LogP contribution in [0.2, 0.25) is 0 Å². The lowest BCUT2D eigenvalue weighted by Crippen LogP contribution is -2.04. The highest BCUT2D eigenvalue weighted by Crippen LogP contribution is 2.23. The SMILES string of the molecule is CC(C)n1nccc1-c1n[nH]c(=S)s1. The lowest BCUT2D eigenvalue weighted by Gasteiger charge is -2.07. The molecule has 14 heavy (non-hydrogen) atoms. The average Bonchev–Trinajstić information content (AvgIpc) is 2.70. The predicted molar refractivity (Wildman–Crippen MR) is 58.9 cm³/mol. The molecule has 6 heteroatoms. The highest BCUT2D eigenvalue weighted by atomic mass is 32.1. The van der Waals surface area contributed by atoms with Gasteiger partial charge in [-0.3, -0.25) is 9.78 Å². The summed E-state index contributed by atoms with van der Waals surface area (Å²) in [5.41, 5.74) is 1.01. The van der Waals surface area contributed by atoms with Crippen molar-refractivity contribution in [2.45, 2.75) is 19.9 Å². The molecule has 2 aromatic heterocycles. The van der Waals surface area contributed by atoms with Crippen molar-refractivity contribution in [1.82, 2.24) is 20.0 Å². The molecule has 0 aliphatic carbocycles. The molecule has 0 bridgehead atoms. The summed E-state index contributed by atoms with van der Waals surface area (Å²) in [6.07, 6.45) is 1.78. The van der Waals surface area contributed by atoms with Crippen LogP contribution in [0.15, 0.2) is 12.3 Å². The van der Waals surface area contributed by atoms with Gasteiger partial charge in [-0.05, 0) is 32.1 Å². The molecule has 2 rings (SSSR count). The first-order chi connectivity index (χ1) is 6.68. The summed E-state index contributed by atoms with van der Waals surface area (Å²) in [7, 11) is 0. The minimum atomic E-state index is 0.331. The van der Waals surface area contributed by atoms with Gasteiger partial charge in [0.05, 0.1) is 5.69 Å². The van der Waals surface area contributed by atoms with Gasteiger partial charge in [-0.25, -0.2) is 0 Å². The Kier molecular flexibility index (Phi) is 2.47. The number of hydrogen-bond donors (Lipinski definition) is 1. The molecule has 0 spiro atoms. The Morgan fingerprint density at radius 1 is 1.57 bits per heavy atom. The lowest BCUT2D eigenvalue weighted by atomic mass is 10.3. The first kappa shape index (κ1) is 9.54. The molecule has 0 saturated heterocycles. The van der Waals surface area contributed by atoms with E-state index in [1.165, 1.54) is 11.3 Å². The first-order valence-corrected chi connectivity index (χ1v) is 5.50. The van der Waals surface area contributed by atoms with Crippen LogP contribution in [0.5, 0.6) is 0 Å². The third-order valence-electron chi connectivity index (χ3n) is 1.82. The van der Waals surface area contributed by atoms with E-state index in [2.05, 4.69) is 29.1 Å². The van der Waals surface area contributed by atoms with Crippen LogP contribution in [0.4, 0.5) is 0 Å². The molecule has 0 radical (unpaired) electrons. The van der Waals surface area contributed by atoms with E-state index in [1.54, 1.807) is 6.20 Å². The summed E-state index contributed by atoms with van der Waals surface area (Å²) in [5, 5.41) is 12.0. The molecule has 0 atom stereocenters. The van der Waals surface area contributed by atoms with Crippen molar-refractivity contribution >= 4 is 23.6 Å². The number of H-pyrrole nitrogens is 1. The minimum Gasteiger partial charge on any atom is -0.260 e. The highest BCUT2D eigenvalue weighted by molar-refractivity contribution is 7.73. The number of aromatic amines is 1. The summed E-state index contributed by atoms with van der Waals surface area (Å²) >= 11 is 6.45. The van der Waals surface area contributed by atoms with Gasteiger partial charge in [0.2, 0.25) is 0 Å². The minimum absolute atomic E-state index is 0.331. The van der Waals surface area contributed by atoms with Crippen molar-refractivity contribution in [3.8, 4) is 10.7 Å². The van der Waals surface area contributed by atoms with Crippen molar-refractivity contribution < 1.29 is 0 Å². The van der Waals surface area contributed by atoms with Gasteiger partial charge in [0.15, 0.2) is 8.96 Å². The first-order valence-electron chi connectivity index (χ1n) is 4.28. The standard InChI is InChI=1S/C8H10N4S2/c1-5(2)12-6(3-4-9-12)7-10-11-8(13)14-7/h3-5H,1-2H3,(H,11,13). The van der Waals surface area contributed by atoms with E-state index < -0.39 is 0 Å². The van der Waals surface area contributed by atoms with Gasteiger partial charge in [0.1, 0.15) is 0 Å². The van der Waals surface area contributed by atoms with Gasteiger partial charge in [-0.1, -0.05) is 11.3 Å². The molecule has 1 N–H and O–H groups in total. The zero-order valence-corrected chi connectivity index (χ0v) is 9.52. The fraction of sp³-hybridized carbons (Fsp3) is 0.375. The molecule has 0 amide bonds. The van der Waals surface area contributed by atoms with E-state index in [1.807, 2.05) is 10.7 Å². The van der Waals surface area contributed by atoms with Gasteiger partial charge in [0, 0.05) is 12.2 Å². The quantitative estimate of drug-likeness (QED) is 0.801. The number of nitrogens with zero attached hydrogens (tertiary/aromatic N) is 3. The Bertz CT molecular complexity index is 479. The van der Waals surface area contributed by atoms with Crippen LogP contribution in [0.25, 0.3) is 10.7 Å². The fourth-order valence-corrected chi connectivity index (χ4v) is 2.14. The summed E-state index contributed by atoms with van der Waals surface area (Å²) in [6, 6.07) is 2.28. The molecular weight excluding hydrogens is 216 g/mol. The molecule has 0 fully saturated rings. The van der Waals surface area contributed by atoms with Gasteiger partial charge >= 0.3 is 0 Å². The van der Waals surface area contributed by atoms with E-state index in [4.69, 9.17) is 12.2 Å². The number of aromatic nitrogens is 4. The Hall–Kier alpha value is -1.01. The van der Waals surface area contributed by atoms with Gasteiger partial charge < -0.3 is 0 Å². The van der Waals surface area contributed by atoms with Crippen LogP contribution >= 0.6 is 23.6 Å². The van der Waals surface area contributed by atoms with Crippen LogP contribution in [0, 0.1) is 3.95 Å². The van der Waals surface area contributed by atoms with Gasteiger partial charge in [0.25, 0.3) is 0 Å². The van der Waals surface area contributed by atoms with Crippen molar-refractivity contribution in [2.24, 2.45) is 0 Å². The van der Waals surface area contributed by atoms with Crippen molar-refractivity contribution in [3.63, 3.8) is 0 Å². The van der Waals surface area contributed by atoms with Crippen LogP contribution in [0.3, 0.4) is 0 Å². The van der Waals surface area contributed by atoms with Crippen molar-refractivity contribution in [3.05, 3.63) is 16.2 Å². The molecule has 0 aromatic carbocycles. The Balaban J connectivity index is 2.51. The molecule has 0 unspecified atom stereocenters. The van der Waals surface area contributed by atoms with Crippen LogP contribution in [-0.2, 0) is 0 Å². The second kappa shape index (κ2) is 3.62. The predicted octanol–water partition coefficient (Wildman–Crippen LogP) is 2.65. The van der Waals surface area contributed by atoms with Gasteiger partial charge in [-0.15, -0.1) is 0 Å². The Morgan fingerprint density at radius 2 is 2.36 bits per heavy atom. The molecule has 2 heterocycles. The fourth-order valence-electron chi connectivity index (χ4n) is 1.23. The zero-order chi connectivity index (χ0) is 10.1. The maximum absolute atomic E-state index is 4.99. The molecule has 0 aliphatic heterocycles. The van der Waals surface area contributed by atoms with Gasteiger partial charge in [-0.2, -0.15) is 10.2 Å². The number of nitrogens with one attached hydrogen (secondary N) is 1. The third kappa shape index (κ3) is 1.62. The normalized spacial score (nSPS) is 11.1. The molecular formula is C8H10N4S2. The summed E-state index contributed by atoms with van der Waals surface area (Å²) < 4.78 is 2.62. The zero-order valence-electron chi connectivity index (χ0n) is 7.89. The maximum Gasteiger partial charge on any atom is 0.176 e. The highest BCUT2D eigenvalue weighted by Gasteiger charge is 2.10. The topological polar surface area (TPSA) is 46.5 Å². The summed E-state index contributed by atoms with van der Waals surface area (Å²) in [6.45, 7) is 4.17. The number of rotatable bonds is 2. The number of hydrogen-bond acceptors (Lipinski definition) is 4. The van der Waals surface area contributed by atoms with Crippen LogP contribution < -0.4 is 0 Å². The van der Waals surface area contributed by atoms with E-state index in [0.29, 0.717) is 10.00 Å². The van der Waals surface area contributed by atoms with Crippen LogP contribution in [0.1, 0.15) is 19.9 Å². The third-order valence-corrected chi connectivity index (χ3v) is 2.93. The van der Waals surface area contributed by atoms with E-state index in [-0.39, 0.29) is 0 Å². The maximum atomic E-state index is 4.99. The second-order valence-corrected chi connectivity index (χ2v) is 4.84. The van der Waals surface area contributed by atoms with Crippen molar-refractivity contribution in [1.29, 1.82) is 0 Å². The lowest BCUT2D eigenvalue weighted by molar-refractivity contribution is 0.538. The second-order valence-electron chi connectivity index (χ2n) is 3.17. The summed E-state index contributed by atoms with van der Waals surface area (Å²) in [4.78, 5) is 0. The molecule has 2 aromatic rings. The molecule has 0 aliphatic rings. The summed E-state index contributed by atoms with van der Waals surface area (Å²) in [5.74, 6) is 0. The van der Waals surface area contributed by atoms with E-state index >= 15 is 0 Å².